The van der Waals surface area contributed by atoms with Crippen LogP contribution in [0.2, 0.25) is 5.02 Å². The molecule has 0 atom stereocenters. The number of halogens is 1. The maximum Gasteiger partial charge on any atom is 0.305 e. The van der Waals surface area contributed by atoms with Gasteiger partial charge in [0.25, 0.3) is 11.5 Å². The van der Waals surface area contributed by atoms with Crippen molar-refractivity contribution in [3.63, 3.8) is 0 Å². The average Bonchev–Trinajstić information content (AvgIpc) is 3.04. The molecule has 0 spiro atoms. The highest BCUT2D eigenvalue weighted by Crippen LogP contribution is 2.35. The van der Waals surface area contributed by atoms with Gasteiger partial charge in [0.05, 0.1) is 16.3 Å². The molecule has 33 heavy (non-hydrogen) atoms. The standard InChI is InChI=1S/C22H16ClN3O5S2/c1-12-5-4-9-25-18(12)24-19(31-15-7-3-2-6-14(15)23)13(20(25)29)11-16-21(30)26(22(32)33-16)10-8-17(27)28/h2-7,9,11H,8,10H2,1H3,(H,27,28)/b16-11+. The van der Waals surface area contributed by atoms with Gasteiger partial charge in [-0.2, -0.15) is 4.98 Å². The minimum Gasteiger partial charge on any atom is -0.481 e. The fraction of sp³-hybridized carbons (Fsp3) is 0.136. The molecule has 3 aromatic rings. The molecule has 3 heterocycles. The lowest BCUT2D eigenvalue weighted by molar-refractivity contribution is -0.137. The summed E-state index contributed by atoms with van der Waals surface area (Å²) in [7, 11) is 0. The number of aryl methyl sites for hydroxylation is 1. The Morgan fingerprint density at radius 2 is 2.03 bits per heavy atom. The Morgan fingerprint density at radius 3 is 2.76 bits per heavy atom. The second kappa shape index (κ2) is 9.34. The first-order valence-electron chi connectivity index (χ1n) is 9.68. The number of nitrogens with zero attached hydrogens (tertiary/aromatic N) is 3. The minimum atomic E-state index is -1.05. The summed E-state index contributed by atoms with van der Waals surface area (Å²) in [6, 6.07) is 10.3. The molecule has 1 fully saturated rings. The van der Waals surface area contributed by atoms with Crippen LogP contribution in [-0.4, -0.2) is 42.1 Å². The van der Waals surface area contributed by atoms with Crippen LogP contribution >= 0.6 is 35.6 Å². The molecular formula is C22H16ClN3O5S2. The van der Waals surface area contributed by atoms with Crippen molar-refractivity contribution in [1.29, 1.82) is 0 Å². The Labute approximate surface area is 202 Å². The number of hydrogen-bond donors (Lipinski definition) is 1. The molecule has 0 unspecified atom stereocenters. The number of carbonyl (C=O) groups is 2. The van der Waals surface area contributed by atoms with Gasteiger partial charge in [-0.05, 0) is 36.8 Å². The van der Waals surface area contributed by atoms with Crippen LogP contribution in [-0.2, 0) is 9.59 Å². The van der Waals surface area contributed by atoms with Crippen LogP contribution in [0.25, 0.3) is 11.7 Å². The molecule has 168 valence electrons. The monoisotopic (exact) mass is 501 g/mol. The molecule has 0 radical (unpaired) electrons. The highest BCUT2D eigenvalue weighted by molar-refractivity contribution is 8.26. The van der Waals surface area contributed by atoms with Crippen LogP contribution in [0.5, 0.6) is 11.6 Å². The van der Waals surface area contributed by atoms with Crippen LogP contribution in [0, 0.1) is 6.92 Å². The summed E-state index contributed by atoms with van der Waals surface area (Å²) in [5.41, 5.74) is 0.749. The molecule has 8 nitrogen and oxygen atoms in total. The number of hydrogen-bond acceptors (Lipinski definition) is 7. The van der Waals surface area contributed by atoms with Gasteiger partial charge < -0.3 is 9.84 Å². The van der Waals surface area contributed by atoms with Gasteiger partial charge in [0.1, 0.15) is 21.3 Å². The first kappa shape index (κ1) is 23.0. The lowest BCUT2D eigenvalue weighted by Gasteiger charge is -2.13. The highest BCUT2D eigenvalue weighted by atomic mass is 35.5. The van der Waals surface area contributed by atoms with Crippen molar-refractivity contribution in [2.24, 2.45) is 0 Å². The van der Waals surface area contributed by atoms with Crippen molar-refractivity contribution in [1.82, 2.24) is 14.3 Å². The Hall–Kier alpha value is -3.21. The van der Waals surface area contributed by atoms with Gasteiger partial charge in [0.15, 0.2) is 0 Å². The van der Waals surface area contributed by atoms with Crippen molar-refractivity contribution in [2.45, 2.75) is 13.3 Å². The van der Waals surface area contributed by atoms with Crippen LogP contribution in [0.1, 0.15) is 17.5 Å². The van der Waals surface area contributed by atoms with Crippen LogP contribution < -0.4 is 10.3 Å². The van der Waals surface area contributed by atoms with Crippen molar-refractivity contribution < 1.29 is 19.4 Å². The maximum atomic E-state index is 13.4. The lowest BCUT2D eigenvalue weighted by atomic mass is 10.2. The summed E-state index contributed by atoms with van der Waals surface area (Å²) < 4.78 is 7.50. The third-order valence-electron chi connectivity index (χ3n) is 4.79. The number of carboxylic acids is 1. The summed E-state index contributed by atoms with van der Waals surface area (Å²) >= 11 is 12.4. The topological polar surface area (TPSA) is 101 Å². The van der Waals surface area contributed by atoms with E-state index >= 15 is 0 Å². The van der Waals surface area contributed by atoms with Gasteiger partial charge in [-0.15, -0.1) is 0 Å². The summed E-state index contributed by atoms with van der Waals surface area (Å²) in [4.78, 5) is 43.0. The van der Waals surface area contributed by atoms with Crippen LogP contribution in [0.4, 0.5) is 0 Å². The number of rotatable bonds is 6. The molecule has 1 amide bonds. The largest absolute Gasteiger partial charge is 0.481 e. The molecule has 1 aromatic carbocycles. The summed E-state index contributed by atoms with van der Waals surface area (Å²) in [6.45, 7) is 1.75. The lowest BCUT2D eigenvalue weighted by Crippen LogP contribution is -2.30. The number of thiocarbonyl (C=S) groups is 1. The molecule has 4 rings (SSSR count). The summed E-state index contributed by atoms with van der Waals surface area (Å²) in [5.74, 6) is -1.25. The van der Waals surface area contributed by atoms with Gasteiger partial charge in [-0.3, -0.25) is 23.7 Å². The molecule has 1 N–H and O–H groups in total. The maximum absolute atomic E-state index is 13.4. The van der Waals surface area contributed by atoms with E-state index in [9.17, 15) is 14.4 Å². The normalized spacial score (nSPS) is 15.0. The van der Waals surface area contributed by atoms with Crippen molar-refractivity contribution in [3.05, 3.63) is 74.0 Å². The zero-order valence-electron chi connectivity index (χ0n) is 17.1. The number of para-hydroxylation sites is 1. The van der Waals surface area contributed by atoms with E-state index in [1.807, 2.05) is 13.0 Å². The van der Waals surface area contributed by atoms with Gasteiger partial charge in [0, 0.05) is 12.7 Å². The number of thioether (sulfide) groups is 1. The number of amides is 1. The Kier molecular flexibility index (Phi) is 6.50. The van der Waals surface area contributed by atoms with E-state index < -0.39 is 17.4 Å². The second-order valence-corrected chi connectivity index (χ2v) is 9.11. The molecule has 11 heteroatoms. The van der Waals surface area contributed by atoms with Gasteiger partial charge in [-0.25, -0.2) is 0 Å². The van der Waals surface area contributed by atoms with E-state index in [0.717, 1.165) is 17.3 Å². The number of aliphatic carboxylic acids is 1. The van der Waals surface area contributed by atoms with Crippen LogP contribution in [0.15, 0.2) is 52.3 Å². The van der Waals surface area contributed by atoms with Crippen molar-refractivity contribution in [2.75, 3.05) is 6.54 Å². The fourth-order valence-electron chi connectivity index (χ4n) is 3.16. The SMILES string of the molecule is Cc1cccn2c(=O)c(/C=C3/SC(=S)N(CCC(=O)O)C3=O)c(Oc3ccccc3Cl)nc12. The number of carboxylic acid groups (broad SMARTS) is 1. The summed E-state index contributed by atoms with van der Waals surface area (Å²) in [6.07, 6.45) is 2.70. The van der Waals surface area contributed by atoms with E-state index in [0.29, 0.717) is 16.4 Å². The van der Waals surface area contributed by atoms with E-state index in [4.69, 9.17) is 33.7 Å². The molecule has 2 aromatic heterocycles. The Bertz CT molecular complexity index is 1400. The third kappa shape index (κ3) is 4.63. The quantitative estimate of drug-likeness (QED) is 0.397. The molecule has 1 aliphatic rings. The Morgan fingerprint density at radius 1 is 1.27 bits per heavy atom. The molecule has 0 aliphatic carbocycles. The number of aromatic nitrogens is 2. The Balaban J connectivity index is 1.84. The van der Waals surface area contributed by atoms with Gasteiger partial charge >= 0.3 is 5.97 Å². The molecular weight excluding hydrogens is 486 g/mol. The predicted molar refractivity (Wildman–Crippen MR) is 130 cm³/mol. The van der Waals surface area contributed by atoms with Crippen molar-refractivity contribution >= 4 is 63.5 Å². The number of ether oxygens (including phenoxy) is 1. The smallest absolute Gasteiger partial charge is 0.305 e. The number of benzene rings is 1. The molecule has 0 saturated carbocycles. The van der Waals surface area contributed by atoms with E-state index in [1.54, 1.807) is 36.5 Å². The number of carbonyl (C=O) groups excluding carboxylic acids is 1. The zero-order chi connectivity index (χ0) is 23.7. The third-order valence-corrected chi connectivity index (χ3v) is 6.48. The van der Waals surface area contributed by atoms with Gasteiger partial charge in [-0.1, -0.05) is 53.8 Å². The highest BCUT2D eigenvalue weighted by Gasteiger charge is 2.33. The number of fused-ring (bicyclic) bond motifs is 1. The second-order valence-electron chi connectivity index (χ2n) is 7.03. The first-order valence-corrected chi connectivity index (χ1v) is 11.3. The molecule has 0 bridgehead atoms. The fourth-order valence-corrected chi connectivity index (χ4v) is 4.62. The summed E-state index contributed by atoms with van der Waals surface area (Å²) in [5, 5.41) is 9.25. The first-order chi connectivity index (χ1) is 15.8. The zero-order valence-corrected chi connectivity index (χ0v) is 19.5. The molecule has 1 aliphatic heterocycles. The molecule has 1 saturated heterocycles. The van der Waals surface area contributed by atoms with Gasteiger partial charge in [0.2, 0.25) is 5.88 Å². The predicted octanol–water partition coefficient (Wildman–Crippen LogP) is 4.12. The van der Waals surface area contributed by atoms with E-state index in [-0.39, 0.29) is 33.6 Å². The van der Waals surface area contributed by atoms with E-state index in [2.05, 4.69) is 4.98 Å². The number of pyridine rings is 1. The average molecular weight is 502 g/mol. The van der Waals surface area contributed by atoms with Crippen LogP contribution in [0.3, 0.4) is 0 Å². The van der Waals surface area contributed by atoms with Crippen molar-refractivity contribution in [3.8, 4) is 11.6 Å². The minimum absolute atomic E-state index is 0.0156. The van der Waals surface area contributed by atoms with E-state index in [1.165, 1.54) is 15.4 Å².